The number of likely N-dealkylation sites (N-methyl/N-ethyl adjacent to an activating group) is 1. The van der Waals surface area contributed by atoms with Crippen molar-refractivity contribution in [3.63, 3.8) is 0 Å². The Bertz CT molecular complexity index is 947. The van der Waals surface area contributed by atoms with Gasteiger partial charge in [-0.05, 0) is 70.9 Å². The smallest absolute Gasteiger partial charge is 0.380 e. The molecule has 2 aliphatic carbocycles. The summed E-state index contributed by atoms with van der Waals surface area (Å²) < 4.78 is 49.2. The topological polar surface area (TPSA) is 63.3 Å². The van der Waals surface area contributed by atoms with Gasteiger partial charge < -0.3 is 14.5 Å². The number of amides is 1. The number of rotatable bonds is 5. The average molecular weight is 555 g/mol. The van der Waals surface area contributed by atoms with E-state index in [0.29, 0.717) is 24.4 Å². The van der Waals surface area contributed by atoms with Crippen molar-refractivity contribution < 1.29 is 22.7 Å². The number of hydrogen-bond acceptors (Lipinski definition) is 7. The van der Waals surface area contributed by atoms with Crippen LogP contribution in [-0.4, -0.2) is 116 Å². The molecule has 39 heavy (non-hydrogen) atoms. The Morgan fingerprint density at radius 1 is 0.949 bits per heavy atom. The highest BCUT2D eigenvalue weighted by molar-refractivity contribution is 5.82. The number of likely N-dealkylation sites (tertiary alicyclic amines) is 3. The Kier molecular flexibility index (Phi) is 6.75. The highest BCUT2D eigenvalue weighted by Crippen LogP contribution is 2.53. The minimum Gasteiger partial charge on any atom is -0.380 e. The van der Waals surface area contributed by atoms with Gasteiger partial charge in [0.15, 0.2) is 0 Å². The summed E-state index contributed by atoms with van der Waals surface area (Å²) in [5.41, 5.74) is 6.67. The largest absolute Gasteiger partial charge is 0.392 e. The molecule has 9 atom stereocenters. The maximum Gasteiger partial charge on any atom is 0.392 e. The second kappa shape index (κ2) is 9.80. The lowest BCUT2D eigenvalue weighted by molar-refractivity contribution is -0.205. The molecule has 5 heterocycles. The molecular weight excluding hydrogens is 509 g/mol. The molecule has 2 bridgehead atoms. The quantitative estimate of drug-likeness (QED) is 0.540. The van der Waals surface area contributed by atoms with Crippen LogP contribution < -0.4 is 10.9 Å². The van der Waals surface area contributed by atoms with Crippen LogP contribution in [0, 0.1) is 29.1 Å². The van der Waals surface area contributed by atoms with Crippen LogP contribution in [0.25, 0.3) is 0 Å². The lowest BCUT2D eigenvalue weighted by Gasteiger charge is -2.52. The highest BCUT2D eigenvalue weighted by Gasteiger charge is 2.60. The van der Waals surface area contributed by atoms with Crippen LogP contribution in [0.15, 0.2) is 0 Å². The van der Waals surface area contributed by atoms with Crippen molar-refractivity contribution in [2.45, 2.75) is 87.9 Å². The highest BCUT2D eigenvalue weighted by atomic mass is 19.4. The Morgan fingerprint density at radius 3 is 2.38 bits per heavy atom. The van der Waals surface area contributed by atoms with E-state index in [1.807, 2.05) is 4.90 Å². The molecule has 2 saturated carbocycles. The Labute approximate surface area is 229 Å². The van der Waals surface area contributed by atoms with Crippen molar-refractivity contribution >= 4 is 5.91 Å². The molecule has 2 N–H and O–H groups in total. The van der Waals surface area contributed by atoms with Crippen LogP contribution in [0.1, 0.15) is 51.4 Å². The van der Waals surface area contributed by atoms with E-state index < -0.39 is 23.9 Å². The Hall–Kier alpha value is -0.980. The lowest BCUT2D eigenvalue weighted by Crippen LogP contribution is -2.56. The number of halogens is 3. The first-order valence-corrected chi connectivity index (χ1v) is 15.2. The molecule has 0 spiro atoms. The van der Waals surface area contributed by atoms with Crippen molar-refractivity contribution in [3.8, 4) is 0 Å². The number of hydrazine groups is 1. The van der Waals surface area contributed by atoms with Gasteiger partial charge in [-0.1, -0.05) is 6.42 Å². The summed E-state index contributed by atoms with van der Waals surface area (Å²) in [5, 5.41) is 0. The molecule has 7 unspecified atom stereocenters. The summed E-state index contributed by atoms with van der Waals surface area (Å²) >= 11 is 0. The summed E-state index contributed by atoms with van der Waals surface area (Å²) in [6, 6.07) is 0.705. The first-order valence-electron chi connectivity index (χ1n) is 15.2. The third-order valence-corrected chi connectivity index (χ3v) is 12.0. The zero-order chi connectivity index (χ0) is 27.1. The van der Waals surface area contributed by atoms with Crippen molar-refractivity contribution in [1.29, 1.82) is 0 Å². The summed E-state index contributed by atoms with van der Waals surface area (Å²) in [5.74, 6) is -2.03. The van der Waals surface area contributed by atoms with Crippen molar-refractivity contribution in [2.75, 3.05) is 53.6 Å². The van der Waals surface area contributed by atoms with Crippen LogP contribution in [0.4, 0.5) is 13.2 Å². The van der Waals surface area contributed by atoms with Crippen LogP contribution in [-0.2, 0) is 9.53 Å². The average Bonchev–Trinajstić information content (AvgIpc) is 3.64. The van der Waals surface area contributed by atoms with Gasteiger partial charge in [0.25, 0.3) is 0 Å². The molecule has 5 aliphatic heterocycles. The standard InChI is InChI=1S/C28H45F3N6O2/c1-34-11-21-7-20(34)12-36(21)19-8-22-23(24(9-19)28(29,30)31)13-37(26(22)38)18-5-3-4-17(6-18)27(14-39-15-27)10-25-33-32-16-35(25)2/h17-25,32-33H,3-16H2,1-2H3/t17?,18?,19?,20-,21-,22?,23?,24?,25?/m1/s1. The van der Waals surface area contributed by atoms with Gasteiger partial charge in [0.1, 0.15) is 0 Å². The number of nitrogens with zero attached hydrogens (tertiary/aromatic N) is 4. The third kappa shape index (κ3) is 4.54. The Balaban J connectivity index is 1.07. The number of alkyl halides is 3. The van der Waals surface area contributed by atoms with Crippen LogP contribution >= 0.6 is 0 Å². The minimum absolute atomic E-state index is 0.00590. The van der Waals surface area contributed by atoms with Gasteiger partial charge in [-0.3, -0.25) is 14.6 Å². The normalized spacial score (nSPS) is 45.2. The van der Waals surface area contributed by atoms with Gasteiger partial charge in [-0.2, -0.15) is 13.2 Å². The van der Waals surface area contributed by atoms with E-state index in [-0.39, 0.29) is 42.5 Å². The van der Waals surface area contributed by atoms with Gasteiger partial charge in [0, 0.05) is 55.1 Å². The second-order valence-electron chi connectivity index (χ2n) is 14.0. The zero-order valence-electron chi connectivity index (χ0n) is 23.3. The fourth-order valence-corrected chi connectivity index (χ4v) is 9.69. The molecule has 7 rings (SSSR count). The van der Waals surface area contributed by atoms with E-state index in [1.165, 1.54) is 0 Å². The molecule has 1 amide bonds. The number of carbonyl (C=O) groups is 1. The van der Waals surface area contributed by atoms with Gasteiger partial charge >= 0.3 is 6.18 Å². The second-order valence-corrected chi connectivity index (χ2v) is 14.0. The van der Waals surface area contributed by atoms with Gasteiger partial charge in [-0.15, -0.1) is 0 Å². The molecule has 11 heteroatoms. The van der Waals surface area contributed by atoms with E-state index >= 15 is 0 Å². The fourth-order valence-electron chi connectivity index (χ4n) is 9.69. The fraction of sp³-hybridized carbons (Fsp3) is 0.964. The molecule has 0 radical (unpaired) electrons. The molecule has 0 aromatic carbocycles. The monoisotopic (exact) mass is 554 g/mol. The summed E-state index contributed by atoms with van der Waals surface area (Å²) in [4.78, 5) is 22.8. The summed E-state index contributed by atoms with van der Waals surface area (Å²) in [7, 11) is 4.22. The molecule has 7 fully saturated rings. The van der Waals surface area contributed by atoms with Crippen molar-refractivity contribution in [2.24, 2.45) is 29.1 Å². The predicted octanol–water partition coefficient (Wildman–Crippen LogP) is 2.08. The molecule has 8 nitrogen and oxygen atoms in total. The molecule has 220 valence electrons. The van der Waals surface area contributed by atoms with Crippen LogP contribution in [0.2, 0.25) is 0 Å². The molecule has 7 aliphatic rings. The number of hydrogen-bond donors (Lipinski definition) is 2. The van der Waals surface area contributed by atoms with E-state index in [2.05, 4.69) is 39.6 Å². The molecular formula is C28H45F3N6O2. The van der Waals surface area contributed by atoms with Gasteiger partial charge in [0.2, 0.25) is 5.91 Å². The lowest BCUT2D eigenvalue weighted by atomic mass is 9.64. The SMILES string of the molecule is CN1CNNC1CC1(C2CCCC(N3CC4C(CC(N5C[C@H]6C[C@@H]5CN6C)CC4C(F)(F)F)C3=O)C2)COC1. The minimum atomic E-state index is -4.26. The summed E-state index contributed by atoms with van der Waals surface area (Å²) in [6.45, 7) is 4.34. The number of fused-ring (bicyclic) bond motifs is 3. The van der Waals surface area contributed by atoms with E-state index in [4.69, 9.17) is 4.74 Å². The van der Waals surface area contributed by atoms with Crippen molar-refractivity contribution in [1.82, 2.24) is 30.5 Å². The number of piperazine rings is 1. The number of carbonyl (C=O) groups excluding carboxylic acids is 1. The van der Waals surface area contributed by atoms with E-state index in [1.54, 1.807) is 0 Å². The number of ether oxygens (including phenoxy) is 1. The molecule has 0 aromatic rings. The van der Waals surface area contributed by atoms with Gasteiger partial charge in [0.05, 0.1) is 32.0 Å². The van der Waals surface area contributed by atoms with E-state index in [9.17, 15) is 18.0 Å². The number of nitrogens with one attached hydrogen (secondary N) is 2. The first kappa shape index (κ1) is 26.9. The molecule has 5 saturated heterocycles. The predicted molar refractivity (Wildman–Crippen MR) is 139 cm³/mol. The van der Waals surface area contributed by atoms with Gasteiger partial charge in [-0.25, -0.2) is 10.9 Å². The van der Waals surface area contributed by atoms with Crippen LogP contribution in [0.3, 0.4) is 0 Å². The van der Waals surface area contributed by atoms with E-state index in [0.717, 1.165) is 71.5 Å². The van der Waals surface area contributed by atoms with Crippen LogP contribution in [0.5, 0.6) is 0 Å². The maximum absolute atomic E-state index is 14.5. The molecule has 0 aromatic heterocycles. The third-order valence-electron chi connectivity index (χ3n) is 12.0. The summed E-state index contributed by atoms with van der Waals surface area (Å²) in [6.07, 6.45) is 2.70. The Morgan fingerprint density at radius 2 is 1.77 bits per heavy atom. The zero-order valence-corrected chi connectivity index (χ0v) is 23.3. The first-order chi connectivity index (χ1) is 18.6. The maximum atomic E-state index is 14.5. The van der Waals surface area contributed by atoms with Crippen molar-refractivity contribution in [3.05, 3.63) is 0 Å².